The topological polar surface area (TPSA) is 41.3 Å². The van der Waals surface area contributed by atoms with Gasteiger partial charge in [0.25, 0.3) is 0 Å². The van der Waals surface area contributed by atoms with Gasteiger partial charge in [-0.05, 0) is 6.42 Å². The second-order valence-electron chi connectivity index (χ2n) is 3.67. The third-order valence-corrected chi connectivity index (χ3v) is 2.55. The van der Waals surface area contributed by atoms with E-state index in [0.717, 1.165) is 26.1 Å². The lowest BCUT2D eigenvalue weighted by atomic mass is 10.3. The van der Waals surface area contributed by atoms with Crippen LogP contribution in [0.25, 0.3) is 0 Å². The van der Waals surface area contributed by atoms with Gasteiger partial charge in [0.05, 0.1) is 18.1 Å². The van der Waals surface area contributed by atoms with Gasteiger partial charge in [-0.3, -0.25) is 4.90 Å². The van der Waals surface area contributed by atoms with Crippen LogP contribution in [0.5, 0.6) is 0 Å². The van der Waals surface area contributed by atoms with Gasteiger partial charge in [-0.25, -0.2) is 4.98 Å². The standard InChI is InChI=1S/C9H15N3O/c1-11-7-10-4-8(11)5-12-3-2-9(13)6-12/h4,7,9,13H,2-3,5-6H2,1H3/t9-/m0/s1. The van der Waals surface area contributed by atoms with Crippen LogP contribution >= 0.6 is 0 Å². The summed E-state index contributed by atoms with van der Waals surface area (Å²) >= 11 is 0. The molecule has 1 saturated heterocycles. The first kappa shape index (κ1) is 8.72. The fraction of sp³-hybridized carbons (Fsp3) is 0.667. The zero-order valence-corrected chi connectivity index (χ0v) is 7.85. The predicted octanol–water partition coefficient (Wildman–Crippen LogP) is -0.0133. The fourth-order valence-electron chi connectivity index (χ4n) is 1.72. The number of aromatic nitrogens is 2. The molecule has 1 aliphatic heterocycles. The molecule has 13 heavy (non-hydrogen) atoms. The van der Waals surface area contributed by atoms with Gasteiger partial charge >= 0.3 is 0 Å². The Morgan fingerprint density at radius 2 is 2.54 bits per heavy atom. The normalized spacial score (nSPS) is 24.0. The summed E-state index contributed by atoms with van der Waals surface area (Å²) in [6.07, 6.45) is 4.46. The van der Waals surface area contributed by atoms with Crippen molar-refractivity contribution < 1.29 is 5.11 Å². The Hall–Kier alpha value is -0.870. The Bertz CT molecular complexity index is 284. The van der Waals surface area contributed by atoms with E-state index in [1.807, 2.05) is 24.1 Å². The van der Waals surface area contributed by atoms with E-state index in [-0.39, 0.29) is 6.10 Å². The summed E-state index contributed by atoms with van der Waals surface area (Å²) < 4.78 is 2.02. The van der Waals surface area contributed by atoms with Gasteiger partial charge in [0.1, 0.15) is 0 Å². The minimum atomic E-state index is -0.131. The largest absolute Gasteiger partial charge is 0.392 e. The minimum absolute atomic E-state index is 0.131. The highest BCUT2D eigenvalue weighted by molar-refractivity contribution is 4.98. The first-order chi connectivity index (χ1) is 6.25. The molecule has 0 unspecified atom stereocenters. The number of hydrogen-bond acceptors (Lipinski definition) is 3. The Morgan fingerprint density at radius 3 is 3.08 bits per heavy atom. The van der Waals surface area contributed by atoms with E-state index < -0.39 is 0 Å². The van der Waals surface area contributed by atoms with Crippen molar-refractivity contribution in [2.75, 3.05) is 13.1 Å². The summed E-state index contributed by atoms with van der Waals surface area (Å²) in [5.41, 5.74) is 1.20. The molecule has 1 atom stereocenters. The first-order valence-corrected chi connectivity index (χ1v) is 4.61. The molecule has 0 saturated carbocycles. The van der Waals surface area contributed by atoms with Crippen molar-refractivity contribution >= 4 is 0 Å². The van der Waals surface area contributed by atoms with Crippen molar-refractivity contribution in [1.82, 2.24) is 14.5 Å². The van der Waals surface area contributed by atoms with Gasteiger partial charge in [-0.1, -0.05) is 0 Å². The maximum absolute atomic E-state index is 9.33. The van der Waals surface area contributed by atoms with E-state index in [1.54, 1.807) is 0 Å². The van der Waals surface area contributed by atoms with Crippen LogP contribution in [0.4, 0.5) is 0 Å². The molecular formula is C9H15N3O. The molecule has 72 valence electrons. The lowest BCUT2D eigenvalue weighted by Gasteiger charge is -2.14. The van der Waals surface area contributed by atoms with Gasteiger partial charge in [0.2, 0.25) is 0 Å². The number of hydrogen-bond donors (Lipinski definition) is 1. The predicted molar refractivity (Wildman–Crippen MR) is 49.1 cm³/mol. The zero-order valence-electron chi connectivity index (χ0n) is 7.85. The van der Waals surface area contributed by atoms with Gasteiger partial charge in [-0.2, -0.15) is 0 Å². The van der Waals surface area contributed by atoms with Gasteiger partial charge in [0.15, 0.2) is 0 Å². The molecule has 1 aromatic rings. The van der Waals surface area contributed by atoms with Crippen molar-refractivity contribution in [3.8, 4) is 0 Å². The monoisotopic (exact) mass is 181 g/mol. The van der Waals surface area contributed by atoms with Crippen molar-refractivity contribution in [3.63, 3.8) is 0 Å². The molecule has 1 N–H and O–H groups in total. The average molecular weight is 181 g/mol. The maximum atomic E-state index is 9.33. The van der Waals surface area contributed by atoms with Gasteiger partial charge < -0.3 is 9.67 Å². The molecule has 1 fully saturated rings. The molecule has 0 bridgehead atoms. The van der Waals surface area contributed by atoms with Crippen LogP contribution in [0.1, 0.15) is 12.1 Å². The first-order valence-electron chi connectivity index (χ1n) is 4.61. The van der Waals surface area contributed by atoms with Crippen LogP contribution in [0.15, 0.2) is 12.5 Å². The summed E-state index contributed by atoms with van der Waals surface area (Å²) in [4.78, 5) is 6.31. The van der Waals surface area contributed by atoms with E-state index in [2.05, 4.69) is 9.88 Å². The summed E-state index contributed by atoms with van der Waals surface area (Å²) in [5, 5.41) is 9.33. The fourth-order valence-corrected chi connectivity index (χ4v) is 1.72. The molecule has 0 amide bonds. The van der Waals surface area contributed by atoms with Crippen molar-refractivity contribution in [2.45, 2.75) is 19.1 Å². The molecule has 0 aliphatic carbocycles. The zero-order chi connectivity index (χ0) is 9.26. The lowest BCUT2D eigenvalue weighted by Crippen LogP contribution is -2.22. The quantitative estimate of drug-likeness (QED) is 0.697. The second-order valence-corrected chi connectivity index (χ2v) is 3.67. The van der Waals surface area contributed by atoms with Crippen LogP contribution < -0.4 is 0 Å². The number of likely N-dealkylation sites (tertiary alicyclic amines) is 1. The van der Waals surface area contributed by atoms with Gasteiger partial charge in [-0.15, -0.1) is 0 Å². The number of aliphatic hydroxyl groups is 1. The Kier molecular flexibility index (Phi) is 2.33. The van der Waals surface area contributed by atoms with E-state index >= 15 is 0 Å². The highest BCUT2D eigenvalue weighted by Gasteiger charge is 2.20. The third kappa shape index (κ3) is 1.89. The highest BCUT2D eigenvalue weighted by atomic mass is 16.3. The summed E-state index contributed by atoms with van der Waals surface area (Å²) in [6, 6.07) is 0. The summed E-state index contributed by atoms with van der Waals surface area (Å²) in [5.74, 6) is 0. The Morgan fingerprint density at radius 1 is 1.69 bits per heavy atom. The molecule has 4 nitrogen and oxygen atoms in total. The number of aliphatic hydroxyl groups excluding tert-OH is 1. The lowest BCUT2D eigenvalue weighted by molar-refractivity contribution is 0.174. The van der Waals surface area contributed by atoms with Crippen LogP contribution in [0.3, 0.4) is 0 Å². The van der Waals surface area contributed by atoms with E-state index in [4.69, 9.17) is 0 Å². The molecule has 0 radical (unpaired) electrons. The Labute approximate surface area is 77.8 Å². The SMILES string of the molecule is Cn1cncc1CN1CC[C@H](O)C1. The van der Waals surface area contributed by atoms with E-state index in [1.165, 1.54) is 5.69 Å². The van der Waals surface area contributed by atoms with E-state index in [9.17, 15) is 5.11 Å². The number of imidazole rings is 1. The van der Waals surface area contributed by atoms with Crippen molar-refractivity contribution in [3.05, 3.63) is 18.2 Å². The molecular weight excluding hydrogens is 166 g/mol. The Balaban J connectivity index is 1.95. The summed E-state index contributed by atoms with van der Waals surface area (Å²) in [7, 11) is 1.99. The smallest absolute Gasteiger partial charge is 0.0945 e. The molecule has 4 heteroatoms. The number of nitrogens with zero attached hydrogens (tertiary/aromatic N) is 3. The molecule has 2 heterocycles. The molecule has 1 aromatic heterocycles. The van der Waals surface area contributed by atoms with Crippen LogP contribution in [-0.2, 0) is 13.6 Å². The van der Waals surface area contributed by atoms with Crippen LogP contribution in [-0.4, -0.2) is 38.8 Å². The van der Waals surface area contributed by atoms with Gasteiger partial charge in [0, 0.05) is 32.9 Å². The molecule has 0 aromatic carbocycles. The van der Waals surface area contributed by atoms with Crippen LogP contribution in [0.2, 0.25) is 0 Å². The van der Waals surface area contributed by atoms with Crippen molar-refractivity contribution in [1.29, 1.82) is 0 Å². The average Bonchev–Trinajstić information content (AvgIpc) is 2.64. The molecule has 2 rings (SSSR count). The third-order valence-electron chi connectivity index (χ3n) is 2.55. The minimum Gasteiger partial charge on any atom is -0.392 e. The summed E-state index contributed by atoms with van der Waals surface area (Å²) in [6.45, 7) is 2.69. The maximum Gasteiger partial charge on any atom is 0.0945 e. The number of aryl methyl sites for hydroxylation is 1. The second kappa shape index (κ2) is 3.47. The number of β-amino-alcohol motifs (C(OH)–C–C–N with tert-alkyl or cyclic N) is 1. The molecule has 1 aliphatic rings. The van der Waals surface area contributed by atoms with E-state index in [0.29, 0.717) is 0 Å². The number of rotatable bonds is 2. The molecule has 0 spiro atoms. The highest BCUT2D eigenvalue weighted by Crippen LogP contribution is 2.12. The van der Waals surface area contributed by atoms with Crippen LogP contribution in [0, 0.1) is 0 Å². The van der Waals surface area contributed by atoms with Crippen molar-refractivity contribution in [2.24, 2.45) is 7.05 Å².